The molecule has 0 aromatic rings. The first-order valence-electron chi connectivity index (χ1n) is 6.85. The standard InChI is InChI=1S/C12H20O10/c13-3-6-10(5(15)1-7(16)20-6)21-8-2-4(14)9(17)11(22-8)12(18)19/h4-11,13-17H,1-3H2,(H,18,19)/t4?,5?,6?,7-,8?,9-,10-,11?/m0/s1. The first-order chi connectivity index (χ1) is 10.3. The molecule has 0 radical (unpaired) electrons. The fraction of sp³-hybridized carbons (Fsp3) is 0.917. The van der Waals surface area contributed by atoms with E-state index in [1.165, 1.54) is 0 Å². The Balaban J connectivity index is 2.03. The smallest absolute Gasteiger partial charge is 0.335 e. The SMILES string of the molecule is O=C(O)C1OC(O[C@H]2C(O)C[C@@H](O)OC2CO)CC(O)[C@@H]1O. The maximum atomic E-state index is 11.0. The minimum Gasteiger partial charge on any atom is -0.479 e. The second kappa shape index (κ2) is 7.15. The van der Waals surface area contributed by atoms with Crippen molar-refractivity contribution >= 4 is 5.97 Å². The molecule has 2 saturated heterocycles. The summed E-state index contributed by atoms with van der Waals surface area (Å²) in [6.45, 7) is -0.543. The van der Waals surface area contributed by atoms with Crippen LogP contribution in [0.1, 0.15) is 12.8 Å². The van der Waals surface area contributed by atoms with Gasteiger partial charge in [-0.3, -0.25) is 0 Å². The Bertz CT molecular complexity index is 390. The van der Waals surface area contributed by atoms with Gasteiger partial charge in [-0.2, -0.15) is 0 Å². The third-order valence-corrected chi connectivity index (χ3v) is 3.69. The molecule has 10 nitrogen and oxygen atoms in total. The number of rotatable bonds is 4. The first-order valence-corrected chi connectivity index (χ1v) is 6.85. The van der Waals surface area contributed by atoms with Gasteiger partial charge in [-0.15, -0.1) is 0 Å². The van der Waals surface area contributed by atoms with Gasteiger partial charge in [-0.1, -0.05) is 0 Å². The molecule has 2 aliphatic rings. The van der Waals surface area contributed by atoms with E-state index in [4.69, 9.17) is 19.3 Å². The quantitative estimate of drug-likeness (QED) is 0.309. The first kappa shape index (κ1) is 17.5. The largest absolute Gasteiger partial charge is 0.479 e. The van der Waals surface area contributed by atoms with Crippen molar-refractivity contribution in [3.8, 4) is 0 Å². The van der Waals surface area contributed by atoms with Crippen LogP contribution in [0.15, 0.2) is 0 Å². The van der Waals surface area contributed by atoms with Crippen molar-refractivity contribution in [3.63, 3.8) is 0 Å². The maximum absolute atomic E-state index is 11.0. The van der Waals surface area contributed by atoms with Crippen LogP contribution in [0, 0.1) is 0 Å². The van der Waals surface area contributed by atoms with Crippen molar-refractivity contribution in [1.29, 1.82) is 0 Å². The van der Waals surface area contributed by atoms with E-state index in [-0.39, 0.29) is 12.8 Å². The van der Waals surface area contributed by atoms with Crippen molar-refractivity contribution in [2.75, 3.05) is 6.61 Å². The van der Waals surface area contributed by atoms with Crippen LogP contribution in [0.5, 0.6) is 0 Å². The lowest BCUT2D eigenvalue weighted by atomic mass is 9.99. The van der Waals surface area contributed by atoms with Crippen LogP contribution in [0.4, 0.5) is 0 Å². The van der Waals surface area contributed by atoms with E-state index in [0.29, 0.717) is 0 Å². The summed E-state index contributed by atoms with van der Waals surface area (Å²) in [7, 11) is 0. The Morgan fingerprint density at radius 1 is 1.09 bits per heavy atom. The van der Waals surface area contributed by atoms with Crippen LogP contribution < -0.4 is 0 Å². The highest BCUT2D eigenvalue weighted by atomic mass is 16.7. The molecule has 2 heterocycles. The highest BCUT2D eigenvalue weighted by Crippen LogP contribution is 2.27. The molecule has 8 atom stereocenters. The van der Waals surface area contributed by atoms with Gasteiger partial charge in [0.15, 0.2) is 18.7 Å². The summed E-state index contributed by atoms with van der Waals surface area (Å²) in [6.07, 6.45) is -10.8. The van der Waals surface area contributed by atoms with Crippen molar-refractivity contribution < 1.29 is 49.6 Å². The van der Waals surface area contributed by atoms with Gasteiger partial charge in [0.25, 0.3) is 0 Å². The van der Waals surface area contributed by atoms with Gasteiger partial charge >= 0.3 is 5.97 Å². The molecule has 6 N–H and O–H groups in total. The molecule has 0 amide bonds. The number of hydrogen-bond acceptors (Lipinski definition) is 9. The number of ether oxygens (including phenoxy) is 3. The van der Waals surface area contributed by atoms with E-state index in [2.05, 4.69) is 0 Å². The molecule has 0 saturated carbocycles. The highest BCUT2D eigenvalue weighted by Gasteiger charge is 2.45. The fourth-order valence-corrected chi connectivity index (χ4v) is 2.55. The van der Waals surface area contributed by atoms with Crippen LogP contribution in [0.3, 0.4) is 0 Å². The van der Waals surface area contributed by atoms with Gasteiger partial charge in [-0.05, 0) is 0 Å². The Hall–Kier alpha value is -0.850. The van der Waals surface area contributed by atoms with Gasteiger partial charge in [0.05, 0.1) is 18.8 Å². The minimum absolute atomic E-state index is 0.151. The van der Waals surface area contributed by atoms with Crippen molar-refractivity contribution in [2.45, 2.75) is 62.0 Å². The Labute approximate surface area is 125 Å². The molecule has 2 aliphatic heterocycles. The fourth-order valence-electron chi connectivity index (χ4n) is 2.55. The Kier molecular flexibility index (Phi) is 5.69. The molecular formula is C12H20O10. The number of aliphatic hydroxyl groups excluding tert-OH is 5. The summed E-state index contributed by atoms with van der Waals surface area (Å²) in [5.74, 6) is -1.46. The molecule has 2 fully saturated rings. The zero-order chi connectivity index (χ0) is 16.4. The maximum Gasteiger partial charge on any atom is 0.335 e. The lowest BCUT2D eigenvalue weighted by molar-refractivity contribution is -0.311. The Morgan fingerprint density at radius 2 is 1.77 bits per heavy atom. The van der Waals surface area contributed by atoms with Crippen molar-refractivity contribution in [1.82, 2.24) is 0 Å². The van der Waals surface area contributed by atoms with Gasteiger partial charge in [0.2, 0.25) is 0 Å². The second-order valence-corrected chi connectivity index (χ2v) is 5.33. The molecule has 128 valence electrons. The van der Waals surface area contributed by atoms with Gasteiger partial charge in [0, 0.05) is 12.8 Å². The number of aliphatic hydroxyl groups is 5. The van der Waals surface area contributed by atoms with E-state index in [1.807, 2.05) is 0 Å². The zero-order valence-electron chi connectivity index (χ0n) is 11.6. The summed E-state index contributed by atoms with van der Waals surface area (Å²) in [5, 5.41) is 56.6. The predicted octanol–water partition coefficient (Wildman–Crippen LogP) is -3.25. The molecule has 0 spiro atoms. The number of carbonyl (C=O) groups is 1. The molecule has 0 aliphatic carbocycles. The average Bonchev–Trinajstić information content (AvgIpc) is 2.44. The topological polar surface area (TPSA) is 166 Å². The van der Waals surface area contributed by atoms with E-state index in [1.54, 1.807) is 0 Å². The molecular weight excluding hydrogens is 304 g/mol. The molecule has 2 rings (SSSR count). The van der Waals surface area contributed by atoms with Crippen LogP contribution in [0.25, 0.3) is 0 Å². The number of aliphatic carboxylic acids is 1. The summed E-state index contributed by atoms with van der Waals surface area (Å²) in [5.41, 5.74) is 0. The summed E-state index contributed by atoms with van der Waals surface area (Å²) >= 11 is 0. The monoisotopic (exact) mass is 324 g/mol. The molecule has 5 unspecified atom stereocenters. The van der Waals surface area contributed by atoms with E-state index >= 15 is 0 Å². The third kappa shape index (κ3) is 3.73. The van der Waals surface area contributed by atoms with E-state index < -0.39 is 61.8 Å². The second-order valence-electron chi connectivity index (χ2n) is 5.33. The highest BCUT2D eigenvalue weighted by molar-refractivity contribution is 5.73. The van der Waals surface area contributed by atoms with E-state index in [9.17, 15) is 30.3 Å². The van der Waals surface area contributed by atoms with Gasteiger partial charge in [-0.25, -0.2) is 4.79 Å². The Morgan fingerprint density at radius 3 is 2.36 bits per heavy atom. The summed E-state index contributed by atoms with van der Waals surface area (Å²) in [4.78, 5) is 11.0. The lowest BCUT2D eigenvalue weighted by Crippen LogP contribution is -2.57. The van der Waals surface area contributed by atoms with Crippen LogP contribution in [0.2, 0.25) is 0 Å². The van der Waals surface area contributed by atoms with Gasteiger partial charge < -0.3 is 44.8 Å². The zero-order valence-corrected chi connectivity index (χ0v) is 11.6. The molecule has 10 heteroatoms. The molecule has 0 bridgehead atoms. The normalized spacial score (nSPS) is 46.4. The number of hydrogen-bond donors (Lipinski definition) is 6. The molecule has 0 aromatic carbocycles. The molecule has 22 heavy (non-hydrogen) atoms. The van der Waals surface area contributed by atoms with Crippen LogP contribution in [-0.4, -0.2) is 92.4 Å². The van der Waals surface area contributed by atoms with Gasteiger partial charge in [0.1, 0.15) is 18.3 Å². The van der Waals surface area contributed by atoms with E-state index in [0.717, 1.165) is 0 Å². The van der Waals surface area contributed by atoms with Crippen LogP contribution in [-0.2, 0) is 19.0 Å². The number of carboxylic acid groups (broad SMARTS) is 1. The predicted molar refractivity (Wildman–Crippen MR) is 66.4 cm³/mol. The third-order valence-electron chi connectivity index (χ3n) is 3.69. The number of carboxylic acids is 1. The summed E-state index contributed by atoms with van der Waals surface area (Å²) < 4.78 is 15.5. The molecule has 0 aromatic heterocycles. The van der Waals surface area contributed by atoms with Crippen LogP contribution >= 0.6 is 0 Å². The minimum atomic E-state index is -1.67. The average molecular weight is 324 g/mol. The summed E-state index contributed by atoms with van der Waals surface area (Å²) in [6, 6.07) is 0. The van der Waals surface area contributed by atoms with Crippen molar-refractivity contribution in [2.24, 2.45) is 0 Å². The van der Waals surface area contributed by atoms with Crippen molar-refractivity contribution in [3.05, 3.63) is 0 Å². The lowest BCUT2D eigenvalue weighted by Gasteiger charge is -2.41.